The topological polar surface area (TPSA) is 30.7 Å². The summed E-state index contributed by atoms with van der Waals surface area (Å²) in [5, 5.41) is 9.01. The van der Waals surface area contributed by atoms with Gasteiger partial charge in [-0.15, -0.1) is 48.0 Å². The van der Waals surface area contributed by atoms with Crippen molar-refractivity contribution in [3.63, 3.8) is 0 Å². The second kappa shape index (κ2) is 19.8. The molecule has 12 rings (SSSR count). The molecule has 0 aliphatic heterocycles. The summed E-state index contributed by atoms with van der Waals surface area (Å²) in [5.74, 6) is 1.50. The zero-order chi connectivity index (χ0) is 48.1. The Labute approximate surface area is 436 Å². The molecule has 0 saturated carbocycles. The third-order valence-electron chi connectivity index (χ3n) is 13.6. The van der Waals surface area contributed by atoms with Gasteiger partial charge >= 0.3 is 0 Å². The maximum absolute atomic E-state index is 5.50. The number of nitrogens with zero attached hydrogens (tertiary/aromatic N) is 3. The molecule has 3 nitrogen and oxygen atoms in total. The zero-order valence-corrected chi connectivity index (χ0v) is 45.4. The fourth-order valence-corrected chi connectivity index (χ4v) is 12.2. The summed E-state index contributed by atoms with van der Waals surface area (Å²) in [5.41, 5.74) is 13.9. The van der Waals surface area contributed by atoms with Crippen LogP contribution in [0.4, 0.5) is 0 Å². The van der Waals surface area contributed by atoms with Crippen LogP contribution >= 0.6 is 11.3 Å². The third kappa shape index (κ3) is 9.11. The number of fused-ring (bicyclic) bond motifs is 7. The predicted molar refractivity (Wildman–Crippen MR) is 304 cm³/mol. The molecule has 6 heteroatoms. The smallest absolute Gasteiger partial charge is 0.0795 e. The van der Waals surface area contributed by atoms with E-state index in [1.54, 1.807) is 0 Å². The number of hydrogen-bond donors (Lipinski definition) is 0. The normalized spacial score (nSPS) is 11.7. The molecule has 3 aromatic heterocycles. The Morgan fingerprint density at radius 1 is 0.577 bits per heavy atom. The predicted octanol–water partition coefficient (Wildman–Crippen LogP) is 17.8. The Kier molecular flexibility index (Phi) is 13.3. The van der Waals surface area contributed by atoms with Gasteiger partial charge in [0, 0.05) is 36.7 Å². The molecule has 0 fully saturated rings. The molecule has 0 atom stereocenters. The first-order valence-electron chi connectivity index (χ1n) is 24.4. The Morgan fingerprint density at radius 2 is 1.24 bits per heavy atom. The van der Waals surface area contributed by atoms with E-state index in [1.165, 1.54) is 86.0 Å². The van der Waals surface area contributed by atoms with Crippen molar-refractivity contribution in [1.29, 1.82) is 0 Å². The van der Waals surface area contributed by atoms with E-state index in [0.717, 1.165) is 33.7 Å². The molecule has 3 heterocycles. The summed E-state index contributed by atoms with van der Waals surface area (Å²) in [6.45, 7) is 16.3. The summed E-state index contributed by atoms with van der Waals surface area (Å²) < 4.78 is 4.93. The monoisotopic (exact) mass is 1130 g/mol. The second-order valence-corrected chi connectivity index (χ2v) is 26.1. The zero-order valence-electron chi connectivity index (χ0n) is 41.2. The van der Waals surface area contributed by atoms with Crippen LogP contribution in [0.15, 0.2) is 194 Å². The number of imidazole rings is 1. The third-order valence-corrected chi connectivity index (χ3v) is 16.8. The molecule has 0 spiro atoms. The van der Waals surface area contributed by atoms with Crippen LogP contribution in [-0.4, -0.2) is 22.6 Å². The van der Waals surface area contributed by atoms with Gasteiger partial charge in [-0.05, 0) is 113 Å². The molecule has 0 aliphatic rings. The van der Waals surface area contributed by atoms with Gasteiger partial charge in [-0.2, -0.15) is 11.3 Å². The van der Waals surface area contributed by atoms with Crippen LogP contribution < -0.4 is 5.19 Å². The average Bonchev–Trinajstić information content (AvgIpc) is 3.97. The van der Waals surface area contributed by atoms with Crippen LogP contribution in [0.1, 0.15) is 50.7 Å². The molecule has 12 aromatic rings. The summed E-state index contributed by atoms with van der Waals surface area (Å²) in [6.07, 6.45) is 2.02. The van der Waals surface area contributed by atoms with Crippen LogP contribution in [0, 0.1) is 12.1 Å². The minimum Gasteiger partial charge on any atom is -0.333 e. The number of hydrogen-bond acceptors (Lipinski definition) is 3. The molecule has 0 unspecified atom stereocenters. The fraction of sp³-hybridized carbons (Fsp3) is 0.138. The molecule has 0 aliphatic carbocycles. The molecule has 0 N–H and O–H groups in total. The standard InChI is InChI=1S/C51H39N2S.C14H16NSi.Ir/c1-31(2)41-28-37(33-15-7-5-8-16-33)29-42(32(3)4)49(41)53-46-22-14-13-21-45(46)52-51(53)40-26-25-39(34-17-9-6-10-18-34)48-44-27-36-24-23-35-19-11-12-20-38(35)43(36)30-47(44)54-50(40)48;1-16(2,3)13-9-10-14(15-11-13)12-7-5-4-6-8-12;/h5-25,27-32H,1-4H3;4-7,9-11H,1-3H3;/q2*-1;. The van der Waals surface area contributed by atoms with E-state index in [9.17, 15) is 0 Å². The maximum Gasteiger partial charge on any atom is 0.0795 e. The first-order valence-corrected chi connectivity index (χ1v) is 28.8. The Hall–Kier alpha value is -6.79. The van der Waals surface area contributed by atoms with E-state index < -0.39 is 8.07 Å². The molecule has 0 bridgehead atoms. The molecule has 1 radical (unpaired) electrons. The molecular formula is C65H55IrN3SSi-2. The number of pyridine rings is 1. The van der Waals surface area contributed by atoms with E-state index in [1.807, 2.05) is 41.8 Å². The van der Waals surface area contributed by atoms with Gasteiger partial charge in [0.05, 0.1) is 24.9 Å². The minimum absolute atomic E-state index is 0. The fourth-order valence-electron chi connectivity index (χ4n) is 9.92. The van der Waals surface area contributed by atoms with Gasteiger partial charge in [-0.25, -0.2) is 0 Å². The Morgan fingerprint density at radius 3 is 1.92 bits per heavy atom. The summed E-state index contributed by atoms with van der Waals surface area (Å²) >= 11 is 1.87. The molecule has 71 heavy (non-hydrogen) atoms. The number of para-hydroxylation sites is 2. The Balaban J connectivity index is 0.000000292. The molecular weight excluding hydrogens is 1080 g/mol. The van der Waals surface area contributed by atoms with Crippen molar-refractivity contribution in [1.82, 2.24) is 14.5 Å². The van der Waals surface area contributed by atoms with E-state index in [0.29, 0.717) is 0 Å². The van der Waals surface area contributed by atoms with Crippen molar-refractivity contribution >= 4 is 77.3 Å². The molecule has 0 saturated heterocycles. The van der Waals surface area contributed by atoms with Gasteiger partial charge in [-0.1, -0.05) is 191 Å². The van der Waals surface area contributed by atoms with Crippen molar-refractivity contribution < 1.29 is 20.1 Å². The van der Waals surface area contributed by atoms with Crippen LogP contribution in [0.3, 0.4) is 0 Å². The first-order chi connectivity index (χ1) is 34.0. The van der Waals surface area contributed by atoms with Gasteiger partial charge in [0.2, 0.25) is 0 Å². The van der Waals surface area contributed by atoms with Crippen LogP contribution in [0.25, 0.3) is 103 Å². The van der Waals surface area contributed by atoms with Crippen LogP contribution in [-0.2, 0) is 20.1 Å². The largest absolute Gasteiger partial charge is 0.333 e. The second-order valence-electron chi connectivity index (χ2n) is 20.0. The first kappa shape index (κ1) is 47.9. The number of benzene rings is 9. The van der Waals surface area contributed by atoms with Crippen LogP contribution in [0.5, 0.6) is 0 Å². The van der Waals surface area contributed by atoms with Crippen molar-refractivity contribution in [3.8, 4) is 50.6 Å². The van der Waals surface area contributed by atoms with Gasteiger partial charge < -0.3 is 9.55 Å². The van der Waals surface area contributed by atoms with Gasteiger partial charge in [0.25, 0.3) is 0 Å². The number of rotatable bonds is 8. The molecule has 0 amide bonds. The number of aromatic nitrogens is 3. The average molecular weight is 1130 g/mol. The minimum atomic E-state index is -1.23. The van der Waals surface area contributed by atoms with Crippen molar-refractivity contribution in [2.45, 2.75) is 59.2 Å². The number of thiophene rings is 1. The maximum atomic E-state index is 5.50. The van der Waals surface area contributed by atoms with Crippen LogP contribution in [0.2, 0.25) is 19.6 Å². The van der Waals surface area contributed by atoms with Gasteiger partial charge in [-0.3, -0.25) is 4.98 Å². The Bertz CT molecular complexity index is 3820. The van der Waals surface area contributed by atoms with E-state index in [4.69, 9.17) is 4.98 Å². The quantitative estimate of drug-likeness (QED) is 0.0862. The summed E-state index contributed by atoms with van der Waals surface area (Å²) in [7, 11) is -1.23. The van der Waals surface area contributed by atoms with Crippen molar-refractivity contribution in [2.24, 2.45) is 0 Å². The summed E-state index contributed by atoms with van der Waals surface area (Å²) in [4.78, 5) is 10.0. The van der Waals surface area contributed by atoms with Gasteiger partial charge in [0.15, 0.2) is 0 Å². The van der Waals surface area contributed by atoms with Crippen molar-refractivity contribution in [2.75, 3.05) is 0 Å². The SMILES string of the molecule is CC(C)c1cc(-c2ccccc2)cc(C(C)C)c1-n1c(-c2[c-]cc(-c3ccccc3)c3c2sc2cc4c(ccc5ccccc54)cc23)nc2ccccc21.C[Si](C)(C)c1ccc(-c2[c-]cccc2)nc1.[Ir]. The van der Waals surface area contributed by atoms with Crippen molar-refractivity contribution in [3.05, 3.63) is 218 Å². The van der Waals surface area contributed by atoms with Gasteiger partial charge in [0.1, 0.15) is 0 Å². The van der Waals surface area contributed by atoms with E-state index >= 15 is 0 Å². The molecule has 9 aromatic carbocycles. The van der Waals surface area contributed by atoms with E-state index in [-0.39, 0.29) is 31.9 Å². The molecule has 351 valence electrons. The summed E-state index contributed by atoms with van der Waals surface area (Å²) in [6, 6.07) is 74.6. The van der Waals surface area contributed by atoms with E-state index in [2.05, 4.69) is 233 Å².